The molecular weight excluding hydrogens is 232 g/mol. The third kappa shape index (κ3) is 3.99. The second kappa shape index (κ2) is 6.15. The van der Waals surface area contributed by atoms with Gasteiger partial charge in [-0.15, -0.1) is 0 Å². The average Bonchev–Trinajstić information content (AvgIpc) is 2.28. The minimum Gasteiger partial charge on any atom is -0.435 e. The summed E-state index contributed by atoms with van der Waals surface area (Å²) in [5, 5.41) is 8.69. The van der Waals surface area contributed by atoms with Gasteiger partial charge in [0.2, 0.25) is 0 Å². The van der Waals surface area contributed by atoms with Gasteiger partial charge >= 0.3 is 6.61 Å². The molecule has 0 radical (unpaired) electrons. The molecule has 0 aliphatic heterocycles. The topological polar surface area (TPSA) is 49.8 Å². The number of aliphatic hydroxyl groups is 1. The molecule has 1 rings (SSSR count). The molecule has 17 heavy (non-hydrogen) atoms. The summed E-state index contributed by atoms with van der Waals surface area (Å²) in [5.41, 5.74) is 0.235. The van der Waals surface area contributed by atoms with Gasteiger partial charge in [0.25, 0.3) is 5.91 Å². The Morgan fingerprint density at radius 2 is 2.24 bits per heavy atom. The summed E-state index contributed by atoms with van der Waals surface area (Å²) in [6, 6.07) is 5.53. The van der Waals surface area contributed by atoms with E-state index < -0.39 is 6.61 Å². The lowest BCUT2D eigenvalue weighted by Gasteiger charge is -2.16. The molecule has 6 heteroatoms. The number of rotatable bonds is 5. The quantitative estimate of drug-likeness (QED) is 0.852. The predicted molar refractivity (Wildman–Crippen MR) is 57.1 cm³/mol. The number of hydrogen-bond donors (Lipinski definition) is 1. The summed E-state index contributed by atoms with van der Waals surface area (Å²) >= 11 is 0. The lowest BCUT2D eigenvalue weighted by atomic mass is 10.2. The fourth-order valence-electron chi connectivity index (χ4n) is 1.28. The summed E-state index contributed by atoms with van der Waals surface area (Å²) in [6.07, 6.45) is 0. The first-order chi connectivity index (χ1) is 8.04. The van der Waals surface area contributed by atoms with Crippen molar-refractivity contribution in [2.45, 2.75) is 6.61 Å². The Morgan fingerprint density at radius 3 is 2.82 bits per heavy atom. The molecule has 1 aromatic carbocycles. The Bertz CT molecular complexity index is 385. The lowest BCUT2D eigenvalue weighted by molar-refractivity contribution is -0.0498. The molecule has 0 unspecified atom stereocenters. The molecule has 1 aromatic rings. The number of carbonyl (C=O) groups is 1. The van der Waals surface area contributed by atoms with E-state index in [9.17, 15) is 13.6 Å². The van der Waals surface area contributed by atoms with E-state index in [1.165, 1.54) is 36.2 Å². The van der Waals surface area contributed by atoms with Crippen LogP contribution in [0.3, 0.4) is 0 Å². The predicted octanol–water partition coefficient (Wildman–Crippen LogP) is 1.35. The van der Waals surface area contributed by atoms with E-state index in [0.29, 0.717) is 0 Å². The zero-order valence-corrected chi connectivity index (χ0v) is 9.27. The van der Waals surface area contributed by atoms with Crippen molar-refractivity contribution in [1.82, 2.24) is 4.90 Å². The maximum absolute atomic E-state index is 12.0. The van der Waals surface area contributed by atoms with Gasteiger partial charge in [-0.05, 0) is 18.2 Å². The smallest absolute Gasteiger partial charge is 0.387 e. The van der Waals surface area contributed by atoms with Gasteiger partial charge in [-0.25, -0.2) is 0 Å². The van der Waals surface area contributed by atoms with Crippen molar-refractivity contribution in [2.24, 2.45) is 0 Å². The average molecular weight is 245 g/mol. The highest BCUT2D eigenvalue weighted by Gasteiger charge is 2.12. The second-order valence-corrected chi connectivity index (χ2v) is 3.36. The van der Waals surface area contributed by atoms with E-state index in [-0.39, 0.29) is 30.4 Å². The van der Waals surface area contributed by atoms with Gasteiger partial charge < -0.3 is 14.7 Å². The summed E-state index contributed by atoms with van der Waals surface area (Å²) < 4.78 is 28.2. The molecule has 0 heterocycles. The van der Waals surface area contributed by atoms with Crippen molar-refractivity contribution in [2.75, 3.05) is 20.2 Å². The maximum Gasteiger partial charge on any atom is 0.387 e. The zero-order chi connectivity index (χ0) is 12.8. The van der Waals surface area contributed by atoms with Gasteiger partial charge in [0, 0.05) is 19.2 Å². The zero-order valence-electron chi connectivity index (χ0n) is 9.27. The van der Waals surface area contributed by atoms with Crippen LogP contribution in [0.1, 0.15) is 10.4 Å². The summed E-state index contributed by atoms with van der Waals surface area (Å²) in [6.45, 7) is -2.90. The van der Waals surface area contributed by atoms with Crippen LogP contribution in [0.2, 0.25) is 0 Å². The number of halogens is 2. The van der Waals surface area contributed by atoms with Crippen molar-refractivity contribution in [3.05, 3.63) is 29.8 Å². The number of nitrogens with zero attached hydrogens (tertiary/aromatic N) is 1. The molecule has 0 saturated heterocycles. The Hall–Kier alpha value is -1.69. The molecule has 0 aliphatic rings. The van der Waals surface area contributed by atoms with E-state index in [1.807, 2.05) is 0 Å². The molecule has 0 saturated carbocycles. The van der Waals surface area contributed by atoms with Crippen molar-refractivity contribution in [3.63, 3.8) is 0 Å². The largest absolute Gasteiger partial charge is 0.435 e. The van der Waals surface area contributed by atoms with Crippen molar-refractivity contribution in [1.29, 1.82) is 0 Å². The number of alkyl halides is 2. The number of ether oxygens (including phenoxy) is 1. The van der Waals surface area contributed by atoms with Gasteiger partial charge in [0.05, 0.1) is 6.61 Å². The van der Waals surface area contributed by atoms with Crippen LogP contribution in [-0.2, 0) is 0 Å². The maximum atomic E-state index is 12.0. The van der Waals surface area contributed by atoms with Crippen LogP contribution in [0.4, 0.5) is 8.78 Å². The number of amides is 1. The van der Waals surface area contributed by atoms with Crippen molar-refractivity contribution < 1.29 is 23.4 Å². The minimum atomic E-state index is -2.92. The summed E-state index contributed by atoms with van der Waals surface area (Å²) in [5.74, 6) is -0.429. The number of likely N-dealkylation sites (N-methyl/N-ethyl adjacent to an activating group) is 1. The summed E-state index contributed by atoms with van der Waals surface area (Å²) in [7, 11) is 1.51. The highest BCUT2D eigenvalue weighted by atomic mass is 19.3. The summed E-state index contributed by atoms with van der Waals surface area (Å²) in [4.78, 5) is 13.0. The Labute approximate surface area is 97.4 Å². The first-order valence-corrected chi connectivity index (χ1v) is 4.96. The van der Waals surface area contributed by atoms with Crippen LogP contribution < -0.4 is 4.74 Å². The number of hydrogen-bond acceptors (Lipinski definition) is 3. The van der Waals surface area contributed by atoms with Crippen molar-refractivity contribution in [3.8, 4) is 5.75 Å². The molecule has 0 aromatic heterocycles. The van der Waals surface area contributed by atoms with E-state index >= 15 is 0 Å². The molecule has 0 spiro atoms. The molecule has 1 amide bonds. The molecule has 94 valence electrons. The number of aliphatic hydroxyl groups excluding tert-OH is 1. The molecule has 0 bridgehead atoms. The molecule has 0 aliphatic carbocycles. The molecule has 4 nitrogen and oxygen atoms in total. The van der Waals surface area contributed by atoms with Crippen LogP contribution in [0, 0.1) is 0 Å². The normalized spacial score (nSPS) is 10.4. The molecular formula is C11H13F2NO3. The molecule has 0 fully saturated rings. The van der Waals surface area contributed by atoms with E-state index in [2.05, 4.69) is 4.74 Å². The third-order valence-corrected chi connectivity index (χ3v) is 2.09. The first kappa shape index (κ1) is 13.4. The van der Waals surface area contributed by atoms with Crippen LogP contribution >= 0.6 is 0 Å². The highest BCUT2D eigenvalue weighted by Crippen LogP contribution is 2.16. The van der Waals surface area contributed by atoms with E-state index in [0.717, 1.165) is 0 Å². The third-order valence-electron chi connectivity index (χ3n) is 2.09. The van der Waals surface area contributed by atoms with Crippen LogP contribution in [0.15, 0.2) is 24.3 Å². The van der Waals surface area contributed by atoms with Gasteiger partial charge in [0.1, 0.15) is 5.75 Å². The van der Waals surface area contributed by atoms with Gasteiger partial charge in [-0.1, -0.05) is 6.07 Å². The SMILES string of the molecule is CN(CCO)C(=O)c1cccc(OC(F)F)c1. The fourth-order valence-corrected chi connectivity index (χ4v) is 1.28. The lowest BCUT2D eigenvalue weighted by Crippen LogP contribution is -2.29. The van der Waals surface area contributed by atoms with Crippen LogP contribution in [-0.4, -0.2) is 42.7 Å². The van der Waals surface area contributed by atoms with Gasteiger partial charge in [0.15, 0.2) is 0 Å². The monoisotopic (exact) mass is 245 g/mol. The number of benzene rings is 1. The van der Waals surface area contributed by atoms with Crippen molar-refractivity contribution >= 4 is 5.91 Å². The van der Waals surface area contributed by atoms with Gasteiger partial charge in [-0.3, -0.25) is 4.79 Å². The fraction of sp³-hybridized carbons (Fsp3) is 0.364. The highest BCUT2D eigenvalue weighted by molar-refractivity contribution is 5.94. The Balaban J connectivity index is 2.80. The van der Waals surface area contributed by atoms with E-state index in [4.69, 9.17) is 5.11 Å². The van der Waals surface area contributed by atoms with Crippen LogP contribution in [0.25, 0.3) is 0 Å². The molecule has 0 atom stereocenters. The number of carbonyl (C=O) groups excluding carboxylic acids is 1. The second-order valence-electron chi connectivity index (χ2n) is 3.36. The standard InChI is InChI=1S/C11H13F2NO3/c1-14(5-6-15)10(16)8-3-2-4-9(7-8)17-11(12)13/h2-4,7,11,15H,5-6H2,1H3. The van der Waals surface area contributed by atoms with Crippen LogP contribution in [0.5, 0.6) is 5.75 Å². The Kier molecular flexibility index (Phi) is 4.84. The molecule has 1 N–H and O–H groups in total. The Morgan fingerprint density at radius 1 is 1.53 bits per heavy atom. The van der Waals surface area contributed by atoms with Gasteiger partial charge in [-0.2, -0.15) is 8.78 Å². The van der Waals surface area contributed by atoms with E-state index in [1.54, 1.807) is 0 Å². The minimum absolute atomic E-state index is 0.0664. The first-order valence-electron chi connectivity index (χ1n) is 4.96.